The second kappa shape index (κ2) is 8.03. The molecule has 0 atom stereocenters. The molecule has 0 saturated carbocycles. The normalized spacial score (nSPS) is 12.3. The molecule has 0 aliphatic rings. The van der Waals surface area contributed by atoms with Crippen molar-refractivity contribution in [1.82, 2.24) is 9.29 Å². The van der Waals surface area contributed by atoms with Gasteiger partial charge in [0.25, 0.3) is 10.0 Å². The summed E-state index contributed by atoms with van der Waals surface area (Å²) in [6.45, 7) is 8.54. The number of carbonyl (C=O) groups excluding carboxylic acids is 1. The van der Waals surface area contributed by atoms with Crippen LogP contribution in [0.15, 0.2) is 59.6 Å². The third-order valence-electron chi connectivity index (χ3n) is 4.73. The molecule has 0 spiro atoms. The second-order valence-electron chi connectivity index (χ2n) is 8.66. The highest BCUT2D eigenvalue weighted by Gasteiger charge is 2.19. The largest absolute Gasteiger partial charge is 0.356 e. The number of nitrogens with one attached hydrogen (secondary N) is 1. The molecule has 1 heterocycles. The fourth-order valence-electron chi connectivity index (χ4n) is 3.23. The number of aromatic nitrogens is 1. The first kappa shape index (κ1) is 21.1. The van der Waals surface area contributed by atoms with Gasteiger partial charge < -0.3 is 5.32 Å². The molecule has 1 amide bonds. The maximum atomic E-state index is 13.1. The third kappa shape index (κ3) is 5.07. The van der Waals surface area contributed by atoms with E-state index in [4.69, 9.17) is 0 Å². The number of fused-ring (bicyclic) bond motifs is 1. The van der Waals surface area contributed by atoms with Gasteiger partial charge in [-0.25, -0.2) is 12.4 Å². The van der Waals surface area contributed by atoms with Gasteiger partial charge in [0.1, 0.15) is 0 Å². The number of nitrogens with zero attached hydrogens (tertiary/aromatic N) is 1. The van der Waals surface area contributed by atoms with Crippen LogP contribution in [0, 0.1) is 12.3 Å². The first-order valence-corrected chi connectivity index (χ1v) is 11.2. The molecule has 0 bridgehead atoms. The van der Waals surface area contributed by atoms with Crippen LogP contribution in [0.5, 0.6) is 0 Å². The predicted molar refractivity (Wildman–Crippen MR) is 116 cm³/mol. The molecule has 5 nitrogen and oxygen atoms in total. The fraction of sp³-hybridized carbons (Fsp3) is 0.348. The van der Waals surface area contributed by atoms with Crippen LogP contribution in [0.25, 0.3) is 10.9 Å². The van der Waals surface area contributed by atoms with E-state index < -0.39 is 10.0 Å². The Morgan fingerprint density at radius 1 is 1.03 bits per heavy atom. The van der Waals surface area contributed by atoms with Crippen LogP contribution in [0.1, 0.15) is 38.3 Å². The van der Waals surface area contributed by atoms with Crippen LogP contribution < -0.4 is 5.32 Å². The summed E-state index contributed by atoms with van der Waals surface area (Å²) < 4.78 is 27.5. The SMILES string of the molecule is Cc1ccc(S(=O)(=O)n2ccc3ccc(CCNC(=O)CC(C)(C)C)cc32)cc1. The molecule has 154 valence electrons. The smallest absolute Gasteiger partial charge is 0.268 e. The Hall–Kier alpha value is -2.60. The molecule has 6 heteroatoms. The summed E-state index contributed by atoms with van der Waals surface area (Å²) in [4.78, 5) is 12.3. The zero-order valence-corrected chi connectivity index (χ0v) is 18.2. The van der Waals surface area contributed by atoms with Crippen molar-refractivity contribution in [3.8, 4) is 0 Å². The maximum Gasteiger partial charge on any atom is 0.268 e. The van der Waals surface area contributed by atoms with E-state index in [-0.39, 0.29) is 16.2 Å². The van der Waals surface area contributed by atoms with E-state index in [2.05, 4.69) is 5.32 Å². The molecule has 1 N–H and O–H groups in total. The second-order valence-corrected chi connectivity index (χ2v) is 10.5. The Labute approximate surface area is 172 Å². The Morgan fingerprint density at radius 3 is 2.38 bits per heavy atom. The fourth-order valence-corrected chi connectivity index (χ4v) is 4.57. The number of hydrogen-bond acceptors (Lipinski definition) is 3. The minimum absolute atomic E-state index is 0.0314. The minimum Gasteiger partial charge on any atom is -0.356 e. The number of carbonyl (C=O) groups is 1. The lowest BCUT2D eigenvalue weighted by molar-refractivity contribution is -0.122. The highest BCUT2D eigenvalue weighted by molar-refractivity contribution is 7.90. The highest BCUT2D eigenvalue weighted by Crippen LogP contribution is 2.24. The maximum absolute atomic E-state index is 13.1. The standard InChI is InChI=1S/C23H28N2O3S/c1-17-5-9-20(10-6-17)29(27,28)25-14-12-19-8-7-18(15-21(19)25)11-13-24-22(26)16-23(2,3)4/h5-10,12,14-15H,11,13,16H2,1-4H3,(H,24,26). The topological polar surface area (TPSA) is 68.2 Å². The van der Waals surface area contributed by atoms with Crippen molar-refractivity contribution in [2.24, 2.45) is 5.41 Å². The number of rotatable bonds is 6. The van der Waals surface area contributed by atoms with Gasteiger partial charge in [-0.2, -0.15) is 0 Å². The van der Waals surface area contributed by atoms with Crippen LogP contribution >= 0.6 is 0 Å². The molecule has 0 aliphatic carbocycles. The van der Waals surface area contributed by atoms with Crippen molar-refractivity contribution in [2.75, 3.05) is 6.54 Å². The first-order chi connectivity index (χ1) is 13.6. The average Bonchev–Trinajstić information content (AvgIpc) is 3.04. The lowest BCUT2D eigenvalue weighted by atomic mass is 9.92. The predicted octanol–water partition coefficient (Wildman–Crippen LogP) is 4.28. The third-order valence-corrected chi connectivity index (χ3v) is 6.43. The first-order valence-electron chi connectivity index (χ1n) is 9.75. The molecular weight excluding hydrogens is 384 g/mol. The molecule has 1 aromatic heterocycles. The minimum atomic E-state index is -3.66. The van der Waals surface area contributed by atoms with E-state index in [0.29, 0.717) is 24.9 Å². The van der Waals surface area contributed by atoms with Gasteiger partial charge in [0.2, 0.25) is 5.91 Å². The van der Waals surface area contributed by atoms with E-state index in [0.717, 1.165) is 16.5 Å². The van der Waals surface area contributed by atoms with Gasteiger partial charge in [-0.05, 0) is 48.6 Å². The van der Waals surface area contributed by atoms with Gasteiger partial charge in [-0.15, -0.1) is 0 Å². The van der Waals surface area contributed by atoms with Gasteiger partial charge in [-0.3, -0.25) is 4.79 Å². The van der Waals surface area contributed by atoms with Crippen molar-refractivity contribution in [1.29, 1.82) is 0 Å². The number of hydrogen-bond donors (Lipinski definition) is 1. The monoisotopic (exact) mass is 412 g/mol. The molecule has 0 unspecified atom stereocenters. The van der Waals surface area contributed by atoms with Gasteiger partial charge in [0.15, 0.2) is 0 Å². The summed E-state index contributed by atoms with van der Waals surface area (Å²) in [7, 11) is -3.66. The van der Waals surface area contributed by atoms with Crippen molar-refractivity contribution >= 4 is 26.8 Å². The number of aryl methyl sites for hydroxylation is 1. The zero-order valence-electron chi connectivity index (χ0n) is 17.4. The molecule has 3 rings (SSSR count). The van der Waals surface area contributed by atoms with Gasteiger partial charge in [0, 0.05) is 24.5 Å². The molecular formula is C23H28N2O3S. The molecule has 0 radical (unpaired) electrons. The molecule has 29 heavy (non-hydrogen) atoms. The van der Waals surface area contributed by atoms with Crippen molar-refractivity contribution in [3.63, 3.8) is 0 Å². The van der Waals surface area contributed by atoms with Crippen molar-refractivity contribution in [2.45, 2.75) is 45.4 Å². The Balaban J connectivity index is 1.80. The van der Waals surface area contributed by atoms with Crippen molar-refractivity contribution in [3.05, 3.63) is 65.9 Å². The quantitative estimate of drug-likeness (QED) is 0.657. The van der Waals surface area contributed by atoms with E-state index in [1.54, 1.807) is 36.5 Å². The summed E-state index contributed by atoms with van der Waals surface area (Å²) in [5, 5.41) is 3.80. The summed E-state index contributed by atoms with van der Waals surface area (Å²) >= 11 is 0. The Kier molecular flexibility index (Phi) is 5.85. The summed E-state index contributed by atoms with van der Waals surface area (Å²) in [5.41, 5.74) is 2.59. The lowest BCUT2D eigenvalue weighted by Gasteiger charge is -2.17. The molecule has 0 saturated heterocycles. The Morgan fingerprint density at radius 2 is 1.72 bits per heavy atom. The van der Waals surface area contributed by atoms with Crippen LogP contribution in [-0.2, 0) is 21.2 Å². The summed E-state index contributed by atoms with van der Waals surface area (Å²) in [6, 6.07) is 14.4. The molecule has 3 aromatic rings. The van der Waals surface area contributed by atoms with E-state index >= 15 is 0 Å². The van der Waals surface area contributed by atoms with Crippen molar-refractivity contribution < 1.29 is 13.2 Å². The van der Waals surface area contributed by atoms with Crippen LogP contribution in [0.4, 0.5) is 0 Å². The summed E-state index contributed by atoms with van der Waals surface area (Å²) in [6.07, 6.45) is 2.71. The zero-order chi connectivity index (χ0) is 21.2. The van der Waals surface area contributed by atoms with Gasteiger partial charge in [0.05, 0.1) is 10.4 Å². The lowest BCUT2D eigenvalue weighted by Crippen LogP contribution is -2.29. The number of benzene rings is 2. The molecule has 2 aromatic carbocycles. The van der Waals surface area contributed by atoms with Crippen LogP contribution in [0.2, 0.25) is 0 Å². The van der Waals surface area contributed by atoms with Gasteiger partial charge >= 0.3 is 0 Å². The van der Waals surface area contributed by atoms with E-state index in [9.17, 15) is 13.2 Å². The van der Waals surface area contributed by atoms with Crippen LogP contribution in [-0.4, -0.2) is 24.8 Å². The van der Waals surface area contributed by atoms with E-state index in [1.807, 2.05) is 45.9 Å². The highest BCUT2D eigenvalue weighted by atomic mass is 32.2. The average molecular weight is 413 g/mol. The van der Waals surface area contributed by atoms with E-state index in [1.165, 1.54) is 3.97 Å². The molecule has 0 fully saturated rings. The molecule has 0 aliphatic heterocycles. The number of amides is 1. The Bertz CT molecular complexity index is 1120. The van der Waals surface area contributed by atoms with Gasteiger partial charge in [-0.1, -0.05) is 50.6 Å². The van der Waals surface area contributed by atoms with Crippen LogP contribution in [0.3, 0.4) is 0 Å². The summed E-state index contributed by atoms with van der Waals surface area (Å²) in [5.74, 6) is 0.0314.